The Bertz CT molecular complexity index is 1160. The minimum atomic E-state index is -0.847. The van der Waals surface area contributed by atoms with Crippen molar-refractivity contribution in [2.45, 2.75) is 18.6 Å². The molecule has 0 bridgehead atoms. The van der Waals surface area contributed by atoms with E-state index in [1.165, 1.54) is 28.3 Å². The van der Waals surface area contributed by atoms with Gasteiger partial charge in [0.05, 0.1) is 18.3 Å². The van der Waals surface area contributed by atoms with E-state index >= 15 is 0 Å². The molecule has 1 N–H and O–H groups in total. The normalized spacial score (nSPS) is 20.4. The van der Waals surface area contributed by atoms with Crippen molar-refractivity contribution in [3.63, 3.8) is 0 Å². The Balaban J connectivity index is 1.24. The zero-order valence-electron chi connectivity index (χ0n) is 18.5. The zero-order valence-corrected chi connectivity index (χ0v) is 18.5. The molecule has 13 heteroatoms. The zero-order chi connectivity index (χ0) is 24.7. The van der Waals surface area contributed by atoms with Crippen LogP contribution < -0.4 is 4.90 Å². The first kappa shape index (κ1) is 23.0. The fraction of sp³-hybridized carbons (Fsp3) is 0.409. The summed E-state index contributed by atoms with van der Waals surface area (Å²) in [5.74, 6) is -2.75. The lowest BCUT2D eigenvalue weighted by Gasteiger charge is -2.37. The molecule has 3 aliphatic heterocycles. The Labute approximate surface area is 198 Å². The van der Waals surface area contributed by atoms with Crippen LogP contribution >= 0.6 is 0 Å². The molecule has 1 aromatic heterocycles. The second-order valence-corrected chi connectivity index (χ2v) is 8.58. The highest BCUT2D eigenvalue weighted by molar-refractivity contribution is 5.93. The molecule has 4 heterocycles. The van der Waals surface area contributed by atoms with Gasteiger partial charge in [-0.2, -0.15) is 5.10 Å². The summed E-state index contributed by atoms with van der Waals surface area (Å²) in [6, 6.07) is 2.13. The number of benzene rings is 1. The summed E-state index contributed by atoms with van der Waals surface area (Å²) in [6.45, 7) is 1.45. The summed E-state index contributed by atoms with van der Waals surface area (Å²) < 4.78 is 41.6. The number of carbonyl (C=O) groups excluding carboxylic acids is 2. The number of amides is 3. The van der Waals surface area contributed by atoms with Crippen molar-refractivity contribution in [3.05, 3.63) is 53.1 Å². The van der Waals surface area contributed by atoms with E-state index in [4.69, 9.17) is 0 Å². The number of hydrazone groups is 1. The van der Waals surface area contributed by atoms with E-state index in [0.29, 0.717) is 25.1 Å². The fourth-order valence-corrected chi connectivity index (χ4v) is 4.32. The highest BCUT2D eigenvalue weighted by Crippen LogP contribution is 2.30. The number of halogens is 3. The van der Waals surface area contributed by atoms with Crippen LogP contribution in [-0.2, 0) is 0 Å². The second kappa shape index (κ2) is 9.13. The smallest absolute Gasteiger partial charge is 0.341 e. The monoisotopic (exact) mass is 489 g/mol. The quantitative estimate of drug-likeness (QED) is 0.699. The van der Waals surface area contributed by atoms with Gasteiger partial charge in [0.2, 0.25) is 5.95 Å². The van der Waals surface area contributed by atoms with Gasteiger partial charge >= 0.3 is 6.03 Å². The van der Waals surface area contributed by atoms with Crippen molar-refractivity contribution in [2.24, 2.45) is 5.10 Å². The molecule has 1 atom stereocenters. The fourth-order valence-electron chi connectivity index (χ4n) is 4.32. The van der Waals surface area contributed by atoms with Crippen LogP contribution in [0.4, 0.5) is 23.9 Å². The van der Waals surface area contributed by atoms with Crippen LogP contribution in [0.1, 0.15) is 28.5 Å². The number of likely N-dealkylation sites (tertiary alicyclic amines) is 1. The molecule has 0 spiro atoms. The van der Waals surface area contributed by atoms with Gasteiger partial charge in [-0.1, -0.05) is 0 Å². The van der Waals surface area contributed by atoms with Crippen molar-refractivity contribution in [3.8, 4) is 0 Å². The number of hydrogen-bond donors (Lipinski definition) is 1. The Morgan fingerprint density at radius 1 is 0.971 bits per heavy atom. The van der Waals surface area contributed by atoms with Gasteiger partial charge in [0.15, 0.2) is 11.5 Å². The van der Waals surface area contributed by atoms with Crippen molar-refractivity contribution >= 4 is 24.1 Å². The van der Waals surface area contributed by atoms with Gasteiger partial charge in [-0.25, -0.2) is 32.9 Å². The van der Waals surface area contributed by atoms with Crippen LogP contribution in [0.2, 0.25) is 0 Å². The van der Waals surface area contributed by atoms with Crippen molar-refractivity contribution in [1.29, 1.82) is 0 Å². The van der Waals surface area contributed by atoms with Crippen LogP contribution in [0.25, 0.3) is 0 Å². The number of aliphatic hydroxyl groups excluding tert-OH is 1. The number of anilines is 1. The van der Waals surface area contributed by atoms with Crippen molar-refractivity contribution in [1.82, 2.24) is 24.8 Å². The summed E-state index contributed by atoms with van der Waals surface area (Å²) >= 11 is 0. The number of rotatable bonds is 3. The largest absolute Gasteiger partial charge is 0.389 e. The van der Waals surface area contributed by atoms with Crippen LogP contribution in [-0.4, -0.2) is 93.4 Å². The molecule has 184 valence electrons. The number of aromatic nitrogens is 2. The van der Waals surface area contributed by atoms with E-state index in [2.05, 4.69) is 15.1 Å². The maximum Gasteiger partial charge on any atom is 0.341 e. The summed E-state index contributed by atoms with van der Waals surface area (Å²) in [4.78, 5) is 38.2. The van der Waals surface area contributed by atoms with E-state index in [1.807, 2.05) is 0 Å². The second-order valence-electron chi connectivity index (χ2n) is 8.58. The summed E-state index contributed by atoms with van der Waals surface area (Å²) in [5.41, 5.74) is -0.0457. The third kappa shape index (κ3) is 4.50. The first-order valence-electron chi connectivity index (χ1n) is 11.1. The first-order chi connectivity index (χ1) is 16.8. The Hall–Kier alpha value is -3.74. The molecule has 10 nitrogen and oxygen atoms in total. The third-order valence-electron chi connectivity index (χ3n) is 6.21. The Morgan fingerprint density at radius 3 is 2.31 bits per heavy atom. The number of nitrogens with zero attached hydrogens (tertiary/aromatic N) is 7. The topological polar surface area (TPSA) is 105 Å². The van der Waals surface area contributed by atoms with Crippen LogP contribution in [0.15, 0.2) is 29.5 Å². The molecule has 0 saturated carbocycles. The molecule has 2 fully saturated rings. The van der Waals surface area contributed by atoms with E-state index in [1.54, 1.807) is 9.80 Å². The maximum absolute atomic E-state index is 14.2. The summed E-state index contributed by atoms with van der Waals surface area (Å²) in [7, 11) is 0. The molecule has 2 aromatic rings. The average molecular weight is 489 g/mol. The molecule has 0 aliphatic carbocycles. The van der Waals surface area contributed by atoms with Gasteiger partial charge in [0, 0.05) is 58.0 Å². The van der Waals surface area contributed by atoms with Gasteiger partial charge in [-0.3, -0.25) is 4.79 Å². The number of hydrogen-bond acceptors (Lipinski definition) is 7. The van der Waals surface area contributed by atoms with E-state index in [9.17, 15) is 27.9 Å². The van der Waals surface area contributed by atoms with Crippen molar-refractivity contribution in [2.75, 3.05) is 44.2 Å². The Kier molecular flexibility index (Phi) is 6.01. The molecular formula is C22H22F3N7O3. The predicted octanol–water partition coefficient (Wildman–Crippen LogP) is 1.39. The summed E-state index contributed by atoms with van der Waals surface area (Å²) in [6.07, 6.45) is 2.19. The van der Waals surface area contributed by atoms with E-state index in [-0.39, 0.29) is 37.8 Å². The van der Waals surface area contributed by atoms with Gasteiger partial charge in [-0.05, 0) is 17.7 Å². The lowest BCUT2D eigenvalue weighted by atomic mass is 10.0. The SMILES string of the molecule is O=C(c1nc(N2CCN(C(=O)N3N=CC[C@H]3c3cc(F)cc(F)c3)CC2)ncc1F)N1CC(O)C1. The molecule has 0 radical (unpaired) electrons. The summed E-state index contributed by atoms with van der Waals surface area (Å²) in [5, 5.41) is 14.7. The van der Waals surface area contributed by atoms with Crippen LogP contribution in [0.3, 0.4) is 0 Å². The molecule has 0 unspecified atom stereocenters. The highest BCUT2D eigenvalue weighted by atomic mass is 19.1. The lowest BCUT2D eigenvalue weighted by Crippen LogP contribution is -2.54. The van der Waals surface area contributed by atoms with Crippen molar-refractivity contribution < 1.29 is 27.9 Å². The minimum absolute atomic E-state index is 0.126. The molecule has 3 amide bonds. The highest BCUT2D eigenvalue weighted by Gasteiger charge is 2.35. The van der Waals surface area contributed by atoms with Gasteiger partial charge < -0.3 is 19.8 Å². The minimum Gasteiger partial charge on any atom is -0.389 e. The number of β-amino-alcohol motifs (C(OH)–C–C–N with tert-alkyl or cyclic N) is 1. The van der Waals surface area contributed by atoms with E-state index < -0.39 is 41.5 Å². The molecule has 5 rings (SSSR count). The third-order valence-corrected chi connectivity index (χ3v) is 6.21. The Morgan fingerprint density at radius 2 is 1.66 bits per heavy atom. The standard InChI is InChI=1S/C22H22F3N7O3/c23-14-7-13(8-15(24)9-14)18-1-2-27-32(18)22(35)30-5-3-29(4-6-30)21-26-10-17(25)19(28-21)20(34)31-11-16(33)12-31/h2,7-10,16,18,33H,1,3-6,11-12H2/t18-/m0/s1. The van der Waals surface area contributed by atoms with Gasteiger partial charge in [0.25, 0.3) is 5.91 Å². The van der Waals surface area contributed by atoms with Crippen LogP contribution in [0.5, 0.6) is 0 Å². The predicted molar refractivity (Wildman–Crippen MR) is 117 cm³/mol. The molecule has 1 aromatic carbocycles. The molecular weight excluding hydrogens is 467 g/mol. The lowest BCUT2D eigenvalue weighted by molar-refractivity contribution is 0.00515. The van der Waals surface area contributed by atoms with Crippen LogP contribution in [0, 0.1) is 17.5 Å². The number of aliphatic hydroxyl groups is 1. The number of piperazine rings is 1. The van der Waals surface area contributed by atoms with Gasteiger partial charge in [0.1, 0.15) is 11.6 Å². The van der Waals surface area contributed by atoms with E-state index in [0.717, 1.165) is 12.3 Å². The first-order valence-corrected chi connectivity index (χ1v) is 11.1. The molecule has 2 saturated heterocycles. The molecule has 3 aliphatic rings. The maximum atomic E-state index is 14.2. The number of urea groups is 1. The number of carbonyl (C=O) groups is 2. The average Bonchev–Trinajstić information content (AvgIpc) is 3.31. The van der Waals surface area contributed by atoms with Gasteiger partial charge in [-0.15, -0.1) is 0 Å². The molecule has 35 heavy (non-hydrogen) atoms.